The van der Waals surface area contributed by atoms with E-state index in [-0.39, 0.29) is 11.2 Å². The molecule has 5 nitrogen and oxygen atoms in total. The number of fused-ring (bicyclic) bond motifs is 1. The Kier molecular flexibility index (Phi) is 5.83. The molecule has 0 aromatic heterocycles. The third kappa shape index (κ3) is 4.38. The molecule has 1 fully saturated rings. The molecule has 0 spiro atoms. The molecule has 3 heterocycles. The first-order valence-electron chi connectivity index (χ1n) is 10.0. The monoisotopic (exact) mass is 384 g/mol. The zero-order valence-electron chi connectivity index (χ0n) is 15.8. The zero-order chi connectivity index (χ0) is 18.6. The predicted octanol–water partition coefficient (Wildman–Crippen LogP) is 3.46. The average Bonchev–Trinajstić information content (AvgIpc) is 3.34. The maximum absolute atomic E-state index is 12.7. The molecular formula is C21H28N4OS. The van der Waals surface area contributed by atoms with Gasteiger partial charge in [-0.1, -0.05) is 6.08 Å². The number of allylic oxidation sites excluding steroid dienone is 1. The van der Waals surface area contributed by atoms with Gasteiger partial charge in [0.25, 0.3) is 0 Å². The second-order valence-electron chi connectivity index (χ2n) is 7.53. The summed E-state index contributed by atoms with van der Waals surface area (Å²) >= 11 is 1.73. The van der Waals surface area contributed by atoms with E-state index in [1.165, 1.54) is 18.4 Å². The van der Waals surface area contributed by atoms with Crippen LogP contribution in [0.4, 0.5) is 11.4 Å². The maximum atomic E-state index is 12.7. The Hall–Kier alpha value is -1.79. The minimum atomic E-state index is 0.247. The minimum Gasteiger partial charge on any atom is -0.386 e. The fourth-order valence-corrected chi connectivity index (χ4v) is 4.92. The van der Waals surface area contributed by atoms with Crippen molar-refractivity contribution in [3.63, 3.8) is 0 Å². The summed E-state index contributed by atoms with van der Waals surface area (Å²) < 4.78 is 0. The number of nitrogens with zero attached hydrogens (tertiary/aromatic N) is 3. The molecule has 1 aromatic carbocycles. The smallest absolute Gasteiger partial charge is 0.227 e. The number of aryl methyl sites for hydroxylation is 1. The van der Waals surface area contributed by atoms with E-state index in [1.54, 1.807) is 11.8 Å². The highest BCUT2D eigenvalue weighted by Gasteiger charge is 2.24. The molecule has 1 saturated heterocycles. The molecule has 0 radical (unpaired) electrons. The number of hydrogen-bond donors (Lipinski definition) is 1. The van der Waals surface area contributed by atoms with Gasteiger partial charge in [0.15, 0.2) is 0 Å². The van der Waals surface area contributed by atoms with Crippen LogP contribution >= 0.6 is 11.8 Å². The number of hydrogen-bond acceptors (Lipinski definition) is 4. The summed E-state index contributed by atoms with van der Waals surface area (Å²) in [4.78, 5) is 21.8. The number of thioether (sulfide) groups is 1. The first-order chi connectivity index (χ1) is 13.2. The van der Waals surface area contributed by atoms with Crippen LogP contribution in [-0.2, 0) is 11.2 Å². The van der Waals surface area contributed by atoms with Gasteiger partial charge >= 0.3 is 0 Å². The molecule has 1 atom stereocenters. The van der Waals surface area contributed by atoms with E-state index in [2.05, 4.69) is 33.5 Å². The lowest BCUT2D eigenvalue weighted by Crippen LogP contribution is -2.37. The maximum Gasteiger partial charge on any atom is 0.227 e. The van der Waals surface area contributed by atoms with Gasteiger partial charge in [-0.3, -0.25) is 4.79 Å². The van der Waals surface area contributed by atoms with Gasteiger partial charge in [0.05, 0.1) is 10.9 Å². The molecule has 4 rings (SSSR count). The minimum absolute atomic E-state index is 0.247. The lowest BCUT2D eigenvalue weighted by Gasteiger charge is -2.26. The van der Waals surface area contributed by atoms with Gasteiger partial charge in [-0.25, -0.2) is 4.99 Å². The first kappa shape index (κ1) is 18.6. The molecule has 1 unspecified atom stereocenters. The van der Waals surface area contributed by atoms with Crippen molar-refractivity contribution < 1.29 is 4.79 Å². The van der Waals surface area contributed by atoms with E-state index >= 15 is 0 Å². The molecular weight excluding hydrogens is 356 g/mol. The van der Waals surface area contributed by atoms with Gasteiger partial charge in [-0.15, -0.1) is 11.8 Å². The molecule has 0 aliphatic carbocycles. The van der Waals surface area contributed by atoms with Crippen molar-refractivity contribution in [1.29, 1.82) is 0 Å². The Morgan fingerprint density at radius 3 is 2.81 bits per heavy atom. The Morgan fingerprint density at radius 2 is 2.04 bits per heavy atom. The number of benzene rings is 1. The van der Waals surface area contributed by atoms with Crippen LogP contribution in [0.2, 0.25) is 0 Å². The second kappa shape index (κ2) is 8.48. The van der Waals surface area contributed by atoms with Gasteiger partial charge in [0, 0.05) is 25.2 Å². The van der Waals surface area contributed by atoms with Crippen LogP contribution in [-0.4, -0.2) is 48.1 Å². The highest BCUT2D eigenvalue weighted by molar-refractivity contribution is 8.03. The van der Waals surface area contributed by atoms with Crippen LogP contribution in [0.5, 0.6) is 0 Å². The summed E-state index contributed by atoms with van der Waals surface area (Å²) in [6.07, 6.45) is 8.09. The van der Waals surface area contributed by atoms with Crippen molar-refractivity contribution in [2.75, 3.05) is 31.1 Å². The number of carbonyl (C=O) groups is 1. The second-order valence-corrected chi connectivity index (χ2v) is 8.64. The molecule has 1 aromatic rings. The number of aliphatic imine (C=N–C) groups is 1. The largest absolute Gasteiger partial charge is 0.386 e. The number of amidine groups is 1. The van der Waals surface area contributed by atoms with E-state index in [4.69, 9.17) is 5.73 Å². The Bertz CT molecular complexity index is 747. The Labute approximate surface area is 165 Å². The number of nitrogens with two attached hydrogens (primary N) is 1. The normalized spacial score (nSPS) is 23.7. The van der Waals surface area contributed by atoms with E-state index in [0.717, 1.165) is 56.8 Å². The predicted molar refractivity (Wildman–Crippen MR) is 114 cm³/mol. The molecule has 27 heavy (non-hydrogen) atoms. The van der Waals surface area contributed by atoms with E-state index in [1.807, 2.05) is 11.0 Å². The fraction of sp³-hybridized carbons (Fsp3) is 0.524. The number of amides is 1. The van der Waals surface area contributed by atoms with Gasteiger partial charge in [0.1, 0.15) is 5.84 Å². The van der Waals surface area contributed by atoms with Gasteiger partial charge < -0.3 is 15.5 Å². The van der Waals surface area contributed by atoms with Crippen LogP contribution in [0.25, 0.3) is 0 Å². The molecule has 0 saturated carbocycles. The number of likely N-dealkylation sites (tertiary alicyclic amines) is 1. The van der Waals surface area contributed by atoms with E-state index < -0.39 is 0 Å². The van der Waals surface area contributed by atoms with E-state index in [9.17, 15) is 4.79 Å². The highest BCUT2D eigenvalue weighted by Crippen LogP contribution is 2.32. The van der Waals surface area contributed by atoms with Crippen LogP contribution in [0, 0.1) is 0 Å². The molecule has 3 aliphatic heterocycles. The fourth-order valence-electron chi connectivity index (χ4n) is 4.09. The average molecular weight is 385 g/mol. The third-order valence-electron chi connectivity index (χ3n) is 5.61. The van der Waals surface area contributed by atoms with Crippen LogP contribution in [0.3, 0.4) is 0 Å². The van der Waals surface area contributed by atoms with E-state index in [0.29, 0.717) is 12.3 Å². The van der Waals surface area contributed by atoms with Crippen molar-refractivity contribution in [2.24, 2.45) is 10.7 Å². The van der Waals surface area contributed by atoms with Crippen molar-refractivity contribution in [3.8, 4) is 0 Å². The molecule has 1 amide bonds. The summed E-state index contributed by atoms with van der Waals surface area (Å²) in [5, 5.41) is 2.34. The summed E-state index contributed by atoms with van der Waals surface area (Å²) in [6, 6.07) is 6.19. The zero-order valence-corrected chi connectivity index (χ0v) is 16.6. The highest BCUT2D eigenvalue weighted by atomic mass is 32.2. The summed E-state index contributed by atoms with van der Waals surface area (Å²) in [5.41, 5.74) is 9.38. The summed E-state index contributed by atoms with van der Waals surface area (Å²) in [7, 11) is 0. The molecule has 3 aliphatic rings. The number of rotatable bonds is 5. The molecule has 144 valence electrons. The third-order valence-corrected chi connectivity index (χ3v) is 6.72. The standard InChI is InChI=1S/C21H28N4OS/c22-21(19-6-4-14-27-19)23-17-8-9-18-16(15-17)5-3-7-20(26)25(18)13-12-24-10-1-2-11-24/h4,8-9,14-15,19H,1-3,5-7,10-13H2,(H2,22,23). The van der Waals surface area contributed by atoms with Crippen molar-refractivity contribution in [3.05, 3.63) is 35.2 Å². The van der Waals surface area contributed by atoms with Crippen molar-refractivity contribution in [2.45, 2.75) is 43.8 Å². The molecule has 0 bridgehead atoms. The van der Waals surface area contributed by atoms with Crippen molar-refractivity contribution in [1.82, 2.24) is 4.90 Å². The van der Waals surface area contributed by atoms with Crippen LogP contribution < -0.4 is 10.6 Å². The van der Waals surface area contributed by atoms with Gasteiger partial charge in [0.2, 0.25) is 5.91 Å². The van der Waals surface area contributed by atoms with Gasteiger partial charge in [-0.2, -0.15) is 0 Å². The quantitative estimate of drug-likeness (QED) is 0.624. The number of anilines is 1. The summed E-state index contributed by atoms with van der Waals surface area (Å²) in [6.45, 7) is 4.07. The SMILES string of the molecule is NC(=Nc1ccc2c(c1)CCCC(=O)N2CCN1CCCC1)C1CC=CS1. The van der Waals surface area contributed by atoms with Crippen molar-refractivity contribution >= 4 is 34.9 Å². The Morgan fingerprint density at radius 1 is 1.19 bits per heavy atom. The molecule has 2 N–H and O–H groups in total. The van der Waals surface area contributed by atoms with Gasteiger partial charge in [-0.05, 0) is 74.4 Å². The first-order valence-corrected chi connectivity index (χ1v) is 10.9. The molecule has 6 heteroatoms. The Balaban J connectivity index is 1.52. The lowest BCUT2D eigenvalue weighted by atomic mass is 10.1. The number of carbonyl (C=O) groups excluding carboxylic acids is 1. The van der Waals surface area contributed by atoms with Crippen LogP contribution in [0.1, 0.15) is 37.7 Å². The summed E-state index contributed by atoms with van der Waals surface area (Å²) in [5.74, 6) is 0.928. The van der Waals surface area contributed by atoms with Crippen LogP contribution in [0.15, 0.2) is 34.7 Å². The topological polar surface area (TPSA) is 61.9 Å². The lowest BCUT2D eigenvalue weighted by molar-refractivity contribution is -0.118.